The van der Waals surface area contributed by atoms with Gasteiger partial charge in [-0.25, -0.2) is 0 Å². The van der Waals surface area contributed by atoms with Crippen LogP contribution < -0.4 is 0 Å². The van der Waals surface area contributed by atoms with Crippen LogP contribution in [0.25, 0.3) is 0 Å². The molecule has 3 nitrogen and oxygen atoms in total. The highest BCUT2D eigenvalue weighted by Gasteiger charge is 2.32. The van der Waals surface area contributed by atoms with Crippen molar-refractivity contribution in [3.8, 4) is 0 Å². The third-order valence-corrected chi connectivity index (χ3v) is 3.19. The highest BCUT2D eigenvalue weighted by molar-refractivity contribution is 5.15. The van der Waals surface area contributed by atoms with E-state index in [-0.39, 0.29) is 6.23 Å². The fourth-order valence-electron chi connectivity index (χ4n) is 2.20. The van der Waals surface area contributed by atoms with Gasteiger partial charge in [-0.2, -0.15) is 0 Å². The van der Waals surface area contributed by atoms with Crippen LogP contribution in [0.4, 0.5) is 0 Å². The average Bonchev–Trinajstić information content (AvgIpc) is 3.02. The van der Waals surface area contributed by atoms with E-state index in [2.05, 4.69) is 35.2 Å². The zero-order valence-electron chi connectivity index (χ0n) is 9.34. The van der Waals surface area contributed by atoms with Gasteiger partial charge in [0, 0.05) is 19.5 Å². The van der Waals surface area contributed by atoms with Crippen LogP contribution in [0.2, 0.25) is 0 Å². The quantitative estimate of drug-likeness (QED) is 0.713. The summed E-state index contributed by atoms with van der Waals surface area (Å²) >= 11 is 0. The highest BCUT2D eigenvalue weighted by atomic mass is 16.6. The van der Waals surface area contributed by atoms with Gasteiger partial charge in [-0.05, 0) is 5.56 Å². The molecule has 0 saturated carbocycles. The molecule has 0 spiro atoms. The number of benzene rings is 1. The summed E-state index contributed by atoms with van der Waals surface area (Å²) < 4.78 is 11.0. The molecule has 2 atom stereocenters. The lowest BCUT2D eigenvalue weighted by molar-refractivity contribution is 0.0315. The second-order valence-corrected chi connectivity index (χ2v) is 4.47. The van der Waals surface area contributed by atoms with Gasteiger partial charge in [-0.15, -0.1) is 0 Å². The first kappa shape index (κ1) is 10.3. The Balaban J connectivity index is 1.60. The molecule has 0 aromatic heterocycles. The van der Waals surface area contributed by atoms with Crippen molar-refractivity contribution in [1.82, 2.24) is 4.90 Å². The fourth-order valence-corrected chi connectivity index (χ4v) is 2.20. The summed E-state index contributed by atoms with van der Waals surface area (Å²) in [5, 5.41) is 0. The van der Waals surface area contributed by atoms with E-state index in [1.165, 1.54) is 5.56 Å². The summed E-state index contributed by atoms with van der Waals surface area (Å²) in [6.45, 7) is 3.84. The molecule has 3 rings (SSSR count). The molecule has 2 heterocycles. The van der Waals surface area contributed by atoms with Gasteiger partial charge in [-0.1, -0.05) is 30.3 Å². The van der Waals surface area contributed by atoms with Crippen LogP contribution in [0.1, 0.15) is 5.56 Å². The molecule has 1 aromatic carbocycles. The Bertz CT molecular complexity index is 337. The third-order valence-electron chi connectivity index (χ3n) is 3.19. The smallest absolute Gasteiger partial charge is 0.114 e. The van der Waals surface area contributed by atoms with E-state index in [9.17, 15) is 0 Å². The topological polar surface area (TPSA) is 25.0 Å². The van der Waals surface area contributed by atoms with Crippen molar-refractivity contribution in [2.75, 3.05) is 26.3 Å². The number of nitrogens with zero attached hydrogens (tertiary/aromatic N) is 1. The van der Waals surface area contributed by atoms with Crippen LogP contribution in [-0.4, -0.2) is 43.5 Å². The van der Waals surface area contributed by atoms with Gasteiger partial charge >= 0.3 is 0 Å². The Hall–Kier alpha value is -0.900. The molecule has 1 aromatic rings. The largest absolute Gasteiger partial charge is 0.372 e. The lowest BCUT2D eigenvalue weighted by Gasteiger charge is -2.21. The van der Waals surface area contributed by atoms with Crippen molar-refractivity contribution in [2.45, 2.75) is 18.8 Å². The summed E-state index contributed by atoms with van der Waals surface area (Å²) in [6.07, 6.45) is 1.68. The van der Waals surface area contributed by atoms with Crippen LogP contribution in [0.5, 0.6) is 0 Å². The number of hydrogen-bond donors (Lipinski definition) is 0. The van der Waals surface area contributed by atoms with Crippen LogP contribution >= 0.6 is 0 Å². The standard InChI is InChI=1S/C13H17NO2/c1-2-4-11(5-3-1)8-13-14(6-7-15-13)9-12-10-16-12/h1-5,12-13H,6-10H2. The minimum Gasteiger partial charge on any atom is -0.372 e. The van der Waals surface area contributed by atoms with Crippen molar-refractivity contribution in [2.24, 2.45) is 0 Å². The van der Waals surface area contributed by atoms with E-state index >= 15 is 0 Å². The molecule has 2 aliphatic heterocycles. The van der Waals surface area contributed by atoms with Gasteiger partial charge in [0.2, 0.25) is 0 Å². The van der Waals surface area contributed by atoms with Crippen LogP contribution in [0.15, 0.2) is 30.3 Å². The SMILES string of the molecule is c1ccc(CC2OCCN2CC2CO2)cc1. The predicted octanol–water partition coefficient (Wildman–Crippen LogP) is 1.29. The first-order valence-electron chi connectivity index (χ1n) is 5.93. The average molecular weight is 219 g/mol. The normalized spacial score (nSPS) is 29.5. The summed E-state index contributed by atoms with van der Waals surface area (Å²) in [5.74, 6) is 0. The van der Waals surface area contributed by atoms with E-state index in [1.54, 1.807) is 0 Å². The van der Waals surface area contributed by atoms with Crippen molar-refractivity contribution in [1.29, 1.82) is 0 Å². The van der Waals surface area contributed by atoms with Crippen molar-refractivity contribution < 1.29 is 9.47 Å². The molecule has 2 unspecified atom stereocenters. The van der Waals surface area contributed by atoms with E-state index in [1.807, 2.05) is 0 Å². The monoisotopic (exact) mass is 219 g/mol. The first-order chi connectivity index (χ1) is 7.92. The van der Waals surface area contributed by atoms with Crippen molar-refractivity contribution in [3.05, 3.63) is 35.9 Å². The number of rotatable bonds is 4. The van der Waals surface area contributed by atoms with Gasteiger partial charge in [-0.3, -0.25) is 4.90 Å². The fraction of sp³-hybridized carbons (Fsp3) is 0.538. The van der Waals surface area contributed by atoms with E-state index < -0.39 is 0 Å². The number of epoxide rings is 1. The summed E-state index contributed by atoms with van der Waals surface area (Å²) in [4.78, 5) is 2.39. The molecule has 3 heteroatoms. The van der Waals surface area contributed by atoms with Crippen LogP contribution in [0, 0.1) is 0 Å². The minimum absolute atomic E-state index is 0.242. The number of hydrogen-bond acceptors (Lipinski definition) is 3. The molecule has 16 heavy (non-hydrogen) atoms. The zero-order chi connectivity index (χ0) is 10.8. The maximum absolute atomic E-state index is 5.77. The van der Waals surface area contributed by atoms with Crippen molar-refractivity contribution >= 4 is 0 Å². The first-order valence-corrected chi connectivity index (χ1v) is 5.93. The van der Waals surface area contributed by atoms with E-state index in [0.717, 1.165) is 32.7 Å². The third kappa shape index (κ3) is 2.43. The lowest BCUT2D eigenvalue weighted by atomic mass is 10.1. The van der Waals surface area contributed by atoms with Gasteiger partial charge in [0.25, 0.3) is 0 Å². The zero-order valence-corrected chi connectivity index (χ0v) is 9.34. The Kier molecular flexibility index (Phi) is 2.91. The molecule has 2 aliphatic rings. The van der Waals surface area contributed by atoms with E-state index in [4.69, 9.17) is 9.47 Å². The Labute approximate surface area is 96.0 Å². The second kappa shape index (κ2) is 4.53. The van der Waals surface area contributed by atoms with E-state index in [0.29, 0.717) is 6.10 Å². The lowest BCUT2D eigenvalue weighted by Crippen LogP contribution is -2.35. The molecule has 0 amide bonds. The van der Waals surface area contributed by atoms with Gasteiger partial charge < -0.3 is 9.47 Å². The van der Waals surface area contributed by atoms with Crippen molar-refractivity contribution in [3.63, 3.8) is 0 Å². The molecular formula is C13H17NO2. The summed E-state index contributed by atoms with van der Waals surface area (Å²) in [5.41, 5.74) is 1.34. The molecule has 0 N–H and O–H groups in total. The minimum atomic E-state index is 0.242. The van der Waals surface area contributed by atoms with Gasteiger partial charge in [0.15, 0.2) is 0 Å². The highest BCUT2D eigenvalue weighted by Crippen LogP contribution is 2.19. The predicted molar refractivity (Wildman–Crippen MR) is 61.2 cm³/mol. The van der Waals surface area contributed by atoms with Crippen LogP contribution in [0.3, 0.4) is 0 Å². The Morgan fingerprint density at radius 1 is 1.19 bits per heavy atom. The molecule has 0 radical (unpaired) electrons. The number of ether oxygens (including phenoxy) is 2. The molecule has 0 aliphatic carbocycles. The molecular weight excluding hydrogens is 202 g/mol. The Morgan fingerprint density at radius 2 is 2.00 bits per heavy atom. The van der Waals surface area contributed by atoms with Gasteiger partial charge in [0.05, 0.1) is 19.3 Å². The van der Waals surface area contributed by atoms with Crippen LogP contribution in [-0.2, 0) is 15.9 Å². The molecule has 86 valence electrons. The Morgan fingerprint density at radius 3 is 2.75 bits per heavy atom. The van der Waals surface area contributed by atoms with Gasteiger partial charge in [0.1, 0.15) is 6.23 Å². The molecule has 2 fully saturated rings. The molecule has 0 bridgehead atoms. The maximum atomic E-state index is 5.77. The summed E-state index contributed by atoms with van der Waals surface area (Å²) in [6, 6.07) is 10.5. The second-order valence-electron chi connectivity index (χ2n) is 4.47. The maximum Gasteiger partial charge on any atom is 0.114 e. The molecule has 2 saturated heterocycles. The summed E-state index contributed by atoms with van der Waals surface area (Å²) in [7, 11) is 0.